The number of aromatic nitrogens is 1. The second-order valence-electron chi connectivity index (χ2n) is 3.97. The van der Waals surface area contributed by atoms with Crippen LogP contribution in [0.2, 0.25) is 0 Å². The van der Waals surface area contributed by atoms with Crippen molar-refractivity contribution in [3.05, 3.63) is 34.3 Å². The zero-order chi connectivity index (χ0) is 11.7. The maximum Gasteiger partial charge on any atom is 0.172 e. The molecule has 0 aliphatic carbocycles. The van der Waals surface area contributed by atoms with Crippen molar-refractivity contribution in [1.29, 1.82) is 0 Å². The van der Waals surface area contributed by atoms with E-state index in [2.05, 4.69) is 34.9 Å². The summed E-state index contributed by atoms with van der Waals surface area (Å²) in [5.41, 5.74) is 7.77. The summed E-state index contributed by atoms with van der Waals surface area (Å²) in [5, 5.41) is 3.83. The predicted octanol–water partition coefficient (Wildman–Crippen LogP) is 3.81. The van der Waals surface area contributed by atoms with Crippen LogP contribution >= 0.6 is 15.9 Å². The Labute approximate surface area is 103 Å². The highest BCUT2D eigenvalue weighted by molar-refractivity contribution is 9.10. The Hall–Kier alpha value is -1.29. The van der Waals surface area contributed by atoms with Crippen LogP contribution in [-0.2, 0) is 0 Å². The van der Waals surface area contributed by atoms with Crippen molar-refractivity contribution in [3.63, 3.8) is 0 Å². The summed E-state index contributed by atoms with van der Waals surface area (Å²) in [6.07, 6.45) is 0. The minimum absolute atomic E-state index is 0.296. The van der Waals surface area contributed by atoms with Crippen LogP contribution in [0.5, 0.6) is 0 Å². The largest absolute Gasteiger partial charge is 0.381 e. The van der Waals surface area contributed by atoms with E-state index in [1.54, 1.807) is 0 Å². The van der Waals surface area contributed by atoms with E-state index in [0.717, 1.165) is 21.4 Å². The quantitative estimate of drug-likeness (QED) is 0.910. The third-order valence-electron chi connectivity index (χ3n) is 2.44. The third-order valence-corrected chi connectivity index (χ3v) is 2.97. The normalized spacial score (nSPS) is 11.0. The minimum atomic E-state index is 0.296. The first-order chi connectivity index (χ1) is 7.59. The molecular formula is C12H13BrN2O. The first-order valence-corrected chi connectivity index (χ1v) is 5.90. The smallest absolute Gasteiger partial charge is 0.172 e. The van der Waals surface area contributed by atoms with Gasteiger partial charge in [0.25, 0.3) is 0 Å². The van der Waals surface area contributed by atoms with E-state index >= 15 is 0 Å². The Morgan fingerprint density at radius 3 is 2.44 bits per heavy atom. The molecule has 0 fully saturated rings. The molecule has 84 valence electrons. The summed E-state index contributed by atoms with van der Waals surface area (Å²) in [5.74, 6) is 1.54. The molecular weight excluding hydrogens is 268 g/mol. The molecule has 0 bridgehead atoms. The molecule has 0 unspecified atom stereocenters. The standard InChI is InChI=1S/C12H13BrN2O/c1-7(2)10-11(16-15-12(10)14)8-3-5-9(13)6-4-8/h3-7H,1-2H3,(H2,14,15). The molecule has 0 amide bonds. The Morgan fingerprint density at radius 2 is 1.88 bits per heavy atom. The molecule has 4 heteroatoms. The lowest BCUT2D eigenvalue weighted by molar-refractivity contribution is 0.434. The van der Waals surface area contributed by atoms with Crippen molar-refractivity contribution in [3.8, 4) is 11.3 Å². The first kappa shape index (κ1) is 11.2. The van der Waals surface area contributed by atoms with Crippen LogP contribution in [0.4, 0.5) is 5.82 Å². The summed E-state index contributed by atoms with van der Waals surface area (Å²) in [6.45, 7) is 4.15. The molecule has 0 saturated heterocycles. The fourth-order valence-electron chi connectivity index (χ4n) is 1.68. The number of benzene rings is 1. The average molecular weight is 281 g/mol. The summed E-state index contributed by atoms with van der Waals surface area (Å²) >= 11 is 3.40. The van der Waals surface area contributed by atoms with Crippen LogP contribution in [-0.4, -0.2) is 5.16 Å². The highest BCUT2D eigenvalue weighted by Gasteiger charge is 2.18. The van der Waals surface area contributed by atoms with Gasteiger partial charge in [0.05, 0.1) is 0 Å². The molecule has 2 N–H and O–H groups in total. The second kappa shape index (κ2) is 4.29. The predicted molar refractivity (Wildman–Crippen MR) is 68.1 cm³/mol. The molecule has 16 heavy (non-hydrogen) atoms. The first-order valence-electron chi connectivity index (χ1n) is 5.10. The molecule has 1 aromatic carbocycles. The highest BCUT2D eigenvalue weighted by atomic mass is 79.9. The number of hydrogen-bond donors (Lipinski definition) is 1. The minimum Gasteiger partial charge on any atom is -0.381 e. The van der Waals surface area contributed by atoms with E-state index in [-0.39, 0.29) is 0 Å². The Balaban J connectivity index is 2.52. The Kier molecular flexibility index (Phi) is 3.01. The SMILES string of the molecule is CC(C)c1c(N)noc1-c1ccc(Br)cc1. The van der Waals surface area contributed by atoms with Crippen LogP contribution in [0.1, 0.15) is 25.3 Å². The van der Waals surface area contributed by atoms with Gasteiger partial charge in [-0.1, -0.05) is 47.1 Å². The van der Waals surface area contributed by atoms with E-state index in [1.807, 2.05) is 24.3 Å². The van der Waals surface area contributed by atoms with Crippen LogP contribution in [0, 0.1) is 0 Å². The lowest BCUT2D eigenvalue weighted by Gasteiger charge is -2.05. The van der Waals surface area contributed by atoms with Gasteiger partial charge in [-0.2, -0.15) is 0 Å². The molecule has 0 atom stereocenters. The number of nitrogens with two attached hydrogens (primary N) is 1. The maximum absolute atomic E-state index is 5.80. The van der Waals surface area contributed by atoms with Gasteiger partial charge in [0.15, 0.2) is 11.6 Å². The van der Waals surface area contributed by atoms with E-state index in [9.17, 15) is 0 Å². The average Bonchev–Trinajstić information content (AvgIpc) is 2.61. The monoisotopic (exact) mass is 280 g/mol. The van der Waals surface area contributed by atoms with Crippen molar-refractivity contribution < 1.29 is 4.52 Å². The Bertz CT molecular complexity index is 488. The van der Waals surface area contributed by atoms with Crippen molar-refractivity contribution >= 4 is 21.7 Å². The van der Waals surface area contributed by atoms with Gasteiger partial charge in [0.2, 0.25) is 0 Å². The van der Waals surface area contributed by atoms with Gasteiger partial charge >= 0.3 is 0 Å². The zero-order valence-electron chi connectivity index (χ0n) is 9.20. The van der Waals surface area contributed by atoms with Crippen molar-refractivity contribution in [2.24, 2.45) is 0 Å². The summed E-state index contributed by atoms with van der Waals surface area (Å²) in [4.78, 5) is 0. The maximum atomic E-state index is 5.80. The fraction of sp³-hybridized carbons (Fsp3) is 0.250. The van der Waals surface area contributed by atoms with Gasteiger partial charge in [0.1, 0.15) is 0 Å². The van der Waals surface area contributed by atoms with Gasteiger partial charge < -0.3 is 10.3 Å². The second-order valence-corrected chi connectivity index (χ2v) is 4.89. The molecule has 0 radical (unpaired) electrons. The summed E-state index contributed by atoms with van der Waals surface area (Å²) in [7, 11) is 0. The van der Waals surface area contributed by atoms with Gasteiger partial charge in [-0.15, -0.1) is 0 Å². The molecule has 0 spiro atoms. The molecule has 1 aromatic heterocycles. The summed E-state index contributed by atoms with van der Waals surface area (Å²) < 4.78 is 6.33. The van der Waals surface area contributed by atoms with Gasteiger partial charge in [0, 0.05) is 15.6 Å². The number of hydrogen-bond acceptors (Lipinski definition) is 3. The van der Waals surface area contributed by atoms with E-state index < -0.39 is 0 Å². The van der Waals surface area contributed by atoms with Crippen molar-refractivity contribution in [1.82, 2.24) is 5.16 Å². The third kappa shape index (κ3) is 1.97. The van der Waals surface area contributed by atoms with Crippen LogP contribution in [0.15, 0.2) is 33.3 Å². The molecule has 0 saturated carbocycles. The van der Waals surface area contributed by atoms with Crippen LogP contribution in [0.25, 0.3) is 11.3 Å². The zero-order valence-corrected chi connectivity index (χ0v) is 10.8. The van der Waals surface area contributed by atoms with Gasteiger partial charge in [-0.3, -0.25) is 0 Å². The van der Waals surface area contributed by atoms with Crippen molar-refractivity contribution in [2.45, 2.75) is 19.8 Å². The van der Waals surface area contributed by atoms with Crippen molar-refractivity contribution in [2.75, 3.05) is 5.73 Å². The Morgan fingerprint density at radius 1 is 1.25 bits per heavy atom. The number of anilines is 1. The van der Waals surface area contributed by atoms with Gasteiger partial charge in [-0.05, 0) is 18.1 Å². The lowest BCUT2D eigenvalue weighted by atomic mass is 9.99. The van der Waals surface area contributed by atoms with E-state index in [0.29, 0.717) is 11.7 Å². The molecule has 0 aliphatic rings. The van der Waals surface area contributed by atoms with E-state index in [1.165, 1.54) is 0 Å². The number of nitrogen functional groups attached to an aromatic ring is 1. The number of rotatable bonds is 2. The molecule has 2 rings (SSSR count). The molecule has 2 aromatic rings. The molecule has 1 heterocycles. The number of nitrogens with zero attached hydrogens (tertiary/aromatic N) is 1. The topological polar surface area (TPSA) is 52.0 Å². The number of halogens is 1. The molecule has 3 nitrogen and oxygen atoms in total. The van der Waals surface area contributed by atoms with Crippen LogP contribution in [0.3, 0.4) is 0 Å². The molecule has 0 aliphatic heterocycles. The van der Waals surface area contributed by atoms with Gasteiger partial charge in [-0.25, -0.2) is 0 Å². The lowest BCUT2D eigenvalue weighted by Crippen LogP contribution is -1.95. The highest BCUT2D eigenvalue weighted by Crippen LogP contribution is 2.33. The summed E-state index contributed by atoms with van der Waals surface area (Å²) in [6, 6.07) is 7.90. The van der Waals surface area contributed by atoms with Crippen LogP contribution < -0.4 is 5.73 Å². The fourth-order valence-corrected chi connectivity index (χ4v) is 1.94. The van der Waals surface area contributed by atoms with E-state index in [4.69, 9.17) is 10.3 Å².